The van der Waals surface area contributed by atoms with E-state index in [4.69, 9.17) is 13.9 Å². The summed E-state index contributed by atoms with van der Waals surface area (Å²) >= 11 is 1.15. The fourth-order valence-electron chi connectivity index (χ4n) is 2.28. The van der Waals surface area contributed by atoms with Crippen molar-refractivity contribution in [1.82, 2.24) is 10.2 Å². The normalized spacial score (nSPS) is 11.8. The maximum absolute atomic E-state index is 12.1. The second-order valence-corrected chi connectivity index (χ2v) is 6.55. The van der Waals surface area contributed by atoms with Crippen molar-refractivity contribution in [3.8, 4) is 5.75 Å². The van der Waals surface area contributed by atoms with E-state index in [-0.39, 0.29) is 17.8 Å². The van der Waals surface area contributed by atoms with Crippen molar-refractivity contribution in [3.63, 3.8) is 0 Å². The van der Waals surface area contributed by atoms with Gasteiger partial charge < -0.3 is 13.9 Å². The summed E-state index contributed by atoms with van der Waals surface area (Å²) in [6, 6.07) is 17.0. The van der Waals surface area contributed by atoms with Crippen LogP contribution in [0.25, 0.3) is 0 Å². The van der Waals surface area contributed by atoms with Crippen LogP contribution in [0.4, 0.5) is 0 Å². The minimum absolute atomic E-state index is 0.158. The van der Waals surface area contributed by atoms with Gasteiger partial charge in [0.1, 0.15) is 11.0 Å². The molecule has 0 N–H and O–H groups in total. The zero-order chi connectivity index (χ0) is 18.4. The molecule has 2 aromatic carbocycles. The molecule has 0 aliphatic heterocycles. The molecule has 0 aliphatic carbocycles. The Labute approximate surface area is 155 Å². The average Bonchev–Trinajstić information content (AvgIpc) is 3.12. The number of thioether (sulfide) groups is 1. The molecule has 1 unspecified atom stereocenters. The van der Waals surface area contributed by atoms with Gasteiger partial charge in [0.2, 0.25) is 0 Å². The molecule has 1 heterocycles. The van der Waals surface area contributed by atoms with E-state index in [1.165, 1.54) is 7.11 Å². The minimum Gasteiger partial charge on any atom is -0.484 e. The molecule has 0 saturated carbocycles. The third kappa shape index (κ3) is 4.64. The number of benzene rings is 2. The molecule has 26 heavy (non-hydrogen) atoms. The Balaban J connectivity index is 1.67. The first kappa shape index (κ1) is 18.0. The summed E-state index contributed by atoms with van der Waals surface area (Å²) in [5, 5.41) is 7.67. The molecule has 134 valence electrons. The highest BCUT2D eigenvalue weighted by Gasteiger charge is 2.25. The molecule has 7 heteroatoms. The molecule has 0 saturated heterocycles. The van der Waals surface area contributed by atoms with E-state index in [9.17, 15) is 4.79 Å². The highest BCUT2D eigenvalue weighted by Crippen LogP contribution is 2.35. The molecular weight excluding hydrogens is 352 g/mol. The number of aromatic nitrogens is 2. The number of aryl methyl sites for hydroxylation is 1. The molecule has 0 aliphatic rings. The number of carbonyl (C=O) groups is 1. The number of esters is 1. The number of ether oxygens (including phenoxy) is 2. The van der Waals surface area contributed by atoms with Gasteiger partial charge in [-0.2, -0.15) is 0 Å². The van der Waals surface area contributed by atoms with Crippen molar-refractivity contribution in [3.05, 3.63) is 71.6 Å². The summed E-state index contributed by atoms with van der Waals surface area (Å²) in [6.45, 7) is 2.15. The van der Waals surface area contributed by atoms with Gasteiger partial charge in [0, 0.05) is 0 Å². The molecule has 0 radical (unpaired) electrons. The van der Waals surface area contributed by atoms with Crippen molar-refractivity contribution >= 4 is 17.7 Å². The SMILES string of the molecule is COC(=O)C(Sc1nnc(COc2cccc(C)c2)o1)c1ccccc1. The fraction of sp³-hybridized carbons (Fsp3) is 0.211. The molecule has 3 aromatic rings. The Bertz CT molecular complexity index is 867. The van der Waals surface area contributed by atoms with E-state index in [1.807, 2.05) is 61.5 Å². The average molecular weight is 370 g/mol. The van der Waals surface area contributed by atoms with Gasteiger partial charge in [0.05, 0.1) is 7.11 Å². The standard InChI is InChI=1S/C19H18N2O4S/c1-13-7-6-10-15(11-13)24-12-16-20-21-19(25-16)26-17(18(22)23-2)14-8-4-3-5-9-14/h3-11,17H,12H2,1-2H3. The third-order valence-corrected chi connectivity index (χ3v) is 4.60. The number of carbonyl (C=O) groups excluding carboxylic acids is 1. The zero-order valence-corrected chi connectivity index (χ0v) is 15.2. The van der Waals surface area contributed by atoms with E-state index in [2.05, 4.69) is 10.2 Å². The summed E-state index contributed by atoms with van der Waals surface area (Å²) in [7, 11) is 1.35. The summed E-state index contributed by atoms with van der Waals surface area (Å²) in [5.74, 6) is 0.691. The number of rotatable bonds is 7. The van der Waals surface area contributed by atoms with Crippen LogP contribution in [0.2, 0.25) is 0 Å². The lowest BCUT2D eigenvalue weighted by molar-refractivity contribution is -0.140. The van der Waals surface area contributed by atoms with Gasteiger partial charge in [0.15, 0.2) is 6.61 Å². The van der Waals surface area contributed by atoms with E-state index in [0.717, 1.165) is 28.6 Å². The molecule has 6 nitrogen and oxygen atoms in total. The number of nitrogens with zero attached hydrogens (tertiary/aromatic N) is 2. The molecular formula is C19H18N2O4S. The van der Waals surface area contributed by atoms with Crippen LogP contribution in [0.15, 0.2) is 64.2 Å². The van der Waals surface area contributed by atoms with Crippen molar-refractivity contribution in [1.29, 1.82) is 0 Å². The first-order valence-electron chi connectivity index (χ1n) is 7.97. The lowest BCUT2D eigenvalue weighted by atomic mass is 10.1. The fourth-order valence-corrected chi connectivity index (χ4v) is 3.20. The predicted octanol–water partition coefficient (Wildman–Crippen LogP) is 3.96. The summed E-state index contributed by atoms with van der Waals surface area (Å²) in [4.78, 5) is 12.1. The van der Waals surface area contributed by atoms with Gasteiger partial charge in [0.25, 0.3) is 11.1 Å². The Kier molecular flexibility index (Phi) is 5.91. The first-order valence-corrected chi connectivity index (χ1v) is 8.85. The molecule has 0 fully saturated rings. The van der Waals surface area contributed by atoms with Crippen LogP contribution in [0.1, 0.15) is 22.3 Å². The smallest absolute Gasteiger partial charge is 0.323 e. The number of hydrogen-bond acceptors (Lipinski definition) is 7. The first-order chi connectivity index (χ1) is 12.7. The Hall–Kier alpha value is -2.80. The predicted molar refractivity (Wildman–Crippen MR) is 96.9 cm³/mol. The van der Waals surface area contributed by atoms with Gasteiger partial charge in [-0.3, -0.25) is 4.79 Å². The van der Waals surface area contributed by atoms with E-state index >= 15 is 0 Å². The van der Waals surface area contributed by atoms with Crippen molar-refractivity contribution < 1.29 is 18.7 Å². The van der Waals surface area contributed by atoms with Gasteiger partial charge >= 0.3 is 5.97 Å². The van der Waals surface area contributed by atoms with E-state index < -0.39 is 5.25 Å². The van der Waals surface area contributed by atoms with E-state index in [1.54, 1.807) is 0 Å². The zero-order valence-electron chi connectivity index (χ0n) is 14.4. The van der Waals surface area contributed by atoms with Crippen LogP contribution >= 0.6 is 11.8 Å². The van der Waals surface area contributed by atoms with Crippen LogP contribution in [-0.2, 0) is 16.1 Å². The second kappa shape index (κ2) is 8.53. The van der Waals surface area contributed by atoms with Crippen molar-refractivity contribution in [2.45, 2.75) is 24.0 Å². The topological polar surface area (TPSA) is 74.5 Å². The lowest BCUT2D eigenvalue weighted by Crippen LogP contribution is -2.11. The number of methoxy groups -OCH3 is 1. The summed E-state index contributed by atoms with van der Waals surface area (Å²) < 4.78 is 16.1. The number of hydrogen-bond donors (Lipinski definition) is 0. The van der Waals surface area contributed by atoms with Gasteiger partial charge in [-0.25, -0.2) is 0 Å². The van der Waals surface area contributed by atoms with Gasteiger partial charge in [-0.15, -0.1) is 10.2 Å². The van der Waals surface area contributed by atoms with Gasteiger partial charge in [-0.05, 0) is 41.9 Å². The van der Waals surface area contributed by atoms with Crippen LogP contribution in [0.3, 0.4) is 0 Å². The van der Waals surface area contributed by atoms with Gasteiger partial charge in [-0.1, -0.05) is 42.5 Å². The third-order valence-electron chi connectivity index (χ3n) is 3.54. The second-order valence-electron chi connectivity index (χ2n) is 5.50. The summed E-state index contributed by atoms with van der Waals surface area (Å²) in [6.07, 6.45) is 0. The largest absolute Gasteiger partial charge is 0.484 e. The van der Waals surface area contributed by atoms with Crippen LogP contribution in [-0.4, -0.2) is 23.3 Å². The van der Waals surface area contributed by atoms with Crippen molar-refractivity contribution in [2.75, 3.05) is 7.11 Å². The molecule has 0 amide bonds. The highest BCUT2D eigenvalue weighted by molar-refractivity contribution is 8.00. The maximum Gasteiger partial charge on any atom is 0.323 e. The summed E-state index contributed by atoms with van der Waals surface area (Å²) in [5.41, 5.74) is 1.91. The Morgan fingerprint density at radius 3 is 2.69 bits per heavy atom. The molecule has 0 spiro atoms. The van der Waals surface area contributed by atoms with Crippen molar-refractivity contribution in [2.24, 2.45) is 0 Å². The van der Waals surface area contributed by atoms with Crippen LogP contribution in [0.5, 0.6) is 5.75 Å². The molecule has 3 rings (SSSR count). The van der Waals surface area contributed by atoms with Crippen LogP contribution in [0, 0.1) is 6.92 Å². The van der Waals surface area contributed by atoms with E-state index in [0.29, 0.717) is 5.89 Å². The minimum atomic E-state index is -0.577. The molecule has 1 aromatic heterocycles. The quantitative estimate of drug-likeness (QED) is 0.460. The van der Waals surface area contributed by atoms with Crippen LogP contribution < -0.4 is 4.74 Å². The molecule has 0 bridgehead atoms. The Morgan fingerprint density at radius 1 is 1.15 bits per heavy atom. The monoisotopic (exact) mass is 370 g/mol. The Morgan fingerprint density at radius 2 is 1.96 bits per heavy atom. The lowest BCUT2D eigenvalue weighted by Gasteiger charge is -2.12. The molecule has 1 atom stereocenters. The maximum atomic E-state index is 12.1. The highest BCUT2D eigenvalue weighted by atomic mass is 32.2.